The minimum absolute atomic E-state index is 0.603. The highest BCUT2D eigenvalue weighted by Crippen LogP contribution is 2.29. The highest BCUT2D eigenvalue weighted by Gasteiger charge is 2.10. The Labute approximate surface area is 110 Å². The van der Waals surface area contributed by atoms with Crippen LogP contribution in [-0.4, -0.2) is 9.97 Å². The van der Waals surface area contributed by atoms with Crippen LogP contribution >= 0.6 is 11.6 Å². The van der Waals surface area contributed by atoms with E-state index in [-0.39, 0.29) is 0 Å². The molecule has 0 bridgehead atoms. The minimum atomic E-state index is 0.603. The number of benzene rings is 2. The Morgan fingerprint density at radius 1 is 1.22 bits per heavy atom. The van der Waals surface area contributed by atoms with Gasteiger partial charge >= 0.3 is 0 Å². The third-order valence-electron chi connectivity index (χ3n) is 2.96. The summed E-state index contributed by atoms with van der Waals surface area (Å²) in [4.78, 5) is 7.87. The van der Waals surface area contributed by atoms with Crippen molar-refractivity contribution in [1.82, 2.24) is 9.97 Å². The maximum absolute atomic E-state index is 6.19. The molecule has 0 aliphatic carbocycles. The molecule has 4 heteroatoms. The normalized spacial score (nSPS) is 11.0. The van der Waals surface area contributed by atoms with Crippen molar-refractivity contribution < 1.29 is 0 Å². The Kier molecular flexibility index (Phi) is 2.49. The zero-order valence-corrected chi connectivity index (χ0v) is 10.6. The number of aryl methyl sites for hydroxylation is 1. The number of imidazole rings is 1. The topological polar surface area (TPSA) is 54.7 Å². The van der Waals surface area contributed by atoms with Crippen LogP contribution in [0, 0.1) is 6.92 Å². The summed E-state index contributed by atoms with van der Waals surface area (Å²) in [7, 11) is 0. The molecule has 3 aromatic rings. The van der Waals surface area contributed by atoms with Gasteiger partial charge in [-0.2, -0.15) is 0 Å². The van der Waals surface area contributed by atoms with E-state index in [1.54, 1.807) is 6.07 Å². The molecule has 3 N–H and O–H groups in total. The Balaban J connectivity index is 2.23. The van der Waals surface area contributed by atoms with E-state index in [1.165, 1.54) is 0 Å². The standard InChI is InChI=1S/C14H12ClN3/c1-8-3-2-4-12-13(8)18-14(17-12)10-6-5-9(16)7-11(10)15/h2-7H,16H2,1H3,(H,17,18). The first-order chi connectivity index (χ1) is 8.65. The molecule has 0 aliphatic heterocycles. The minimum Gasteiger partial charge on any atom is -0.399 e. The fourth-order valence-electron chi connectivity index (χ4n) is 2.03. The van der Waals surface area contributed by atoms with Gasteiger partial charge in [0.2, 0.25) is 0 Å². The second-order valence-electron chi connectivity index (χ2n) is 4.30. The second-order valence-corrected chi connectivity index (χ2v) is 4.70. The Hall–Kier alpha value is -2.00. The molecular formula is C14H12ClN3. The number of para-hydroxylation sites is 1. The summed E-state index contributed by atoms with van der Waals surface area (Å²) in [5, 5.41) is 0.603. The number of fused-ring (bicyclic) bond motifs is 1. The third-order valence-corrected chi connectivity index (χ3v) is 3.28. The molecule has 90 valence electrons. The fourth-order valence-corrected chi connectivity index (χ4v) is 2.30. The van der Waals surface area contributed by atoms with Crippen molar-refractivity contribution in [2.75, 3.05) is 5.73 Å². The first-order valence-electron chi connectivity index (χ1n) is 5.66. The maximum atomic E-state index is 6.19. The average molecular weight is 258 g/mol. The molecule has 0 atom stereocenters. The molecule has 1 heterocycles. The summed E-state index contributed by atoms with van der Waals surface area (Å²) in [6.45, 7) is 2.04. The smallest absolute Gasteiger partial charge is 0.140 e. The number of hydrogen-bond donors (Lipinski definition) is 2. The molecule has 3 rings (SSSR count). The van der Waals surface area contributed by atoms with Crippen LogP contribution in [0.25, 0.3) is 22.4 Å². The number of aromatic amines is 1. The monoisotopic (exact) mass is 257 g/mol. The number of nitrogens with zero attached hydrogens (tertiary/aromatic N) is 1. The van der Waals surface area contributed by atoms with Crippen LogP contribution in [0.1, 0.15) is 5.56 Å². The van der Waals surface area contributed by atoms with Gasteiger partial charge in [0.05, 0.1) is 16.1 Å². The molecular weight excluding hydrogens is 246 g/mol. The van der Waals surface area contributed by atoms with Gasteiger partial charge in [0.15, 0.2) is 0 Å². The molecule has 0 saturated heterocycles. The van der Waals surface area contributed by atoms with Crippen molar-refractivity contribution in [3.63, 3.8) is 0 Å². The lowest BCUT2D eigenvalue weighted by atomic mass is 10.2. The van der Waals surface area contributed by atoms with Crippen LogP contribution in [0.5, 0.6) is 0 Å². The third kappa shape index (κ3) is 1.73. The number of hydrogen-bond acceptors (Lipinski definition) is 2. The molecule has 0 saturated carbocycles. The predicted molar refractivity (Wildman–Crippen MR) is 75.7 cm³/mol. The van der Waals surface area contributed by atoms with Crippen molar-refractivity contribution in [3.8, 4) is 11.4 Å². The number of halogens is 1. The lowest BCUT2D eigenvalue weighted by Gasteiger charge is -2.01. The Morgan fingerprint density at radius 3 is 2.78 bits per heavy atom. The van der Waals surface area contributed by atoms with Gasteiger partial charge in [-0.3, -0.25) is 0 Å². The molecule has 0 fully saturated rings. The van der Waals surface area contributed by atoms with Crippen molar-refractivity contribution in [2.45, 2.75) is 6.92 Å². The van der Waals surface area contributed by atoms with Crippen LogP contribution in [0.4, 0.5) is 5.69 Å². The van der Waals surface area contributed by atoms with E-state index in [9.17, 15) is 0 Å². The Morgan fingerprint density at radius 2 is 2.06 bits per heavy atom. The molecule has 0 radical (unpaired) electrons. The molecule has 1 aromatic heterocycles. The summed E-state index contributed by atoms with van der Waals surface area (Å²) < 4.78 is 0. The van der Waals surface area contributed by atoms with Crippen molar-refractivity contribution >= 4 is 28.3 Å². The van der Waals surface area contributed by atoms with Crippen LogP contribution in [0.3, 0.4) is 0 Å². The quantitative estimate of drug-likeness (QED) is 0.652. The second kappa shape index (κ2) is 4.03. The lowest BCUT2D eigenvalue weighted by molar-refractivity contribution is 1.33. The molecule has 18 heavy (non-hydrogen) atoms. The van der Waals surface area contributed by atoms with E-state index in [0.29, 0.717) is 10.7 Å². The summed E-state index contributed by atoms with van der Waals surface area (Å²) in [5.74, 6) is 0.768. The van der Waals surface area contributed by atoms with Gasteiger partial charge in [0.1, 0.15) is 5.82 Å². The van der Waals surface area contributed by atoms with Crippen LogP contribution in [-0.2, 0) is 0 Å². The van der Waals surface area contributed by atoms with Gasteiger partial charge in [0, 0.05) is 11.3 Å². The number of nitrogen functional groups attached to an aromatic ring is 1. The van der Waals surface area contributed by atoms with E-state index in [2.05, 4.69) is 9.97 Å². The summed E-state index contributed by atoms with van der Waals surface area (Å²) in [5.41, 5.74) is 10.3. The van der Waals surface area contributed by atoms with E-state index in [0.717, 1.165) is 28.0 Å². The van der Waals surface area contributed by atoms with E-state index < -0.39 is 0 Å². The molecule has 0 unspecified atom stereocenters. The maximum Gasteiger partial charge on any atom is 0.140 e. The van der Waals surface area contributed by atoms with Gasteiger partial charge in [-0.05, 0) is 36.8 Å². The molecule has 0 aliphatic rings. The zero-order chi connectivity index (χ0) is 12.7. The summed E-state index contributed by atoms with van der Waals surface area (Å²) in [6, 6.07) is 11.5. The number of aromatic nitrogens is 2. The highest BCUT2D eigenvalue weighted by molar-refractivity contribution is 6.33. The van der Waals surface area contributed by atoms with Crippen LogP contribution in [0.2, 0.25) is 5.02 Å². The number of nitrogens with one attached hydrogen (secondary N) is 1. The first kappa shape index (κ1) is 11.1. The van der Waals surface area contributed by atoms with Gasteiger partial charge in [-0.1, -0.05) is 23.7 Å². The molecule has 0 spiro atoms. The molecule has 0 amide bonds. The van der Waals surface area contributed by atoms with E-state index >= 15 is 0 Å². The van der Waals surface area contributed by atoms with Gasteiger partial charge in [-0.25, -0.2) is 4.98 Å². The average Bonchev–Trinajstić information content (AvgIpc) is 2.74. The van der Waals surface area contributed by atoms with E-state index in [1.807, 2.05) is 37.3 Å². The summed E-state index contributed by atoms with van der Waals surface area (Å²) >= 11 is 6.19. The number of rotatable bonds is 1. The lowest BCUT2D eigenvalue weighted by Crippen LogP contribution is -1.87. The number of anilines is 1. The molecule has 2 aromatic carbocycles. The number of H-pyrrole nitrogens is 1. The fraction of sp³-hybridized carbons (Fsp3) is 0.0714. The first-order valence-corrected chi connectivity index (χ1v) is 6.03. The Bertz CT molecular complexity index is 731. The predicted octanol–water partition coefficient (Wildman–Crippen LogP) is 3.77. The number of nitrogens with two attached hydrogens (primary N) is 1. The van der Waals surface area contributed by atoms with Crippen molar-refractivity contribution in [3.05, 3.63) is 47.0 Å². The largest absolute Gasteiger partial charge is 0.399 e. The molecule has 3 nitrogen and oxygen atoms in total. The van der Waals surface area contributed by atoms with Crippen molar-refractivity contribution in [1.29, 1.82) is 0 Å². The van der Waals surface area contributed by atoms with Crippen molar-refractivity contribution in [2.24, 2.45) is 0 Å². The van der Waals surface area contributed by atoms with Crippen LogP contribution in [0.15, 0.2) is 36.4 Å². The highest BCUT2D eigenvalue weighted by atomic mass is 35.5. The summed E-state index contributed by atoms with van der Waals surface area (Å²) in [6.07, 6.45) is 0. The van der Waals surface area contributed by atoms with Gasteiger partial charge < -0.3 is 10.7 Å². The zero-order valence-electron chi connectivity index (χ0n) is 9.87. The van der Waals surface area contributed by atoms with E-state index in [4.69, 9.17) is 17.3 Å². The SMILES string of the molecule is Cc1cccc2[nH]c(-c3ccc(N)cc3Cl)nc12. The van der Waals surface area contributed by atoms with Gasteiger partial charge in [-0.15, -0.1) is 0 Å². The van der Waals surface area contributed by atoms with Gasteiger partial charge in [0.25, 0.3) is 0 Å². The van der Waals surface area contributed by atoms with Crippen LogP contribution < -0.4 is 5.73 Å².